The zero-order valence-electron chi connectivity index (χ0n) is 25.8. The average molecular weight is 645 g/mol. The molecule has 13 nitrogen and oxygen atoms in total. The van der Waals surface area contributed by atoms with E-state index in [1.165, 1.54) is 50.0 Å². The van der Waals surface area contributed by atoms with E-state index in [0.717, 1.165) is 18.9 Å². The van der Waals surface area contributed by atoms with Crippen molar-refractivity contribution in [1.29, 1.82) is 0 Å². The summed E-state index contributed by atoms with van der Waals surface area (Å²) in [7, 11) is 0. The Labute approximate surface area is 267 Å². The minimum atomic E-state index is -2.36. The number of phenolic OH excluding ortho intramolecular Hbond substituents is 2. The third kappa shape index (κ3) is 10.7. The van der Waals surface area contributed by atoms with Gasteiger partial charge in [-0.2, -0.15) is 0 Å². The lowest BCUT2D eigenvalue weighted by molar-refractivity contribution is -0.187. The van der Waals surface area contributed by atoms with Crippen LogP contribution in [-0.4, -0.2) is 91.6 Å². The molecule has 1 saturated carbocycles. The van der Waals surface area contributed by atoms with Crippen LogP contribution in [0.4, 0.5) is 5.69 Å². The Morgan fingerprint density at radius 2 is 1.67 bits per heavy atom. The Kier molecular flexibility index (Phi) is 13.8. The number of phenols is 2. The summed E-state index contributed by atoms with van der Waals surface area (Å²) < 4.78 is 10.9. The predicted molar refractivity (Wildman–Crippen MR) is 168 cm³/mol. The number of hydrogen-bond acceptors (Lipinski definition) is 11. The normalized spacial score (nSPS) is 21.8. The van der Waals surface area contributed by atoms with Crippen LogP contribution in [0.15, 0.2) is 48.5 Å². The number of amides is 2. The summed E-state index contributed by atoms with van der Waals surface area (Å²) in [5, 5.41) is 65.5. The van der Waals surface area contributed by atoms with Gasteiger partial charge in [-0.25, -0.2) is 4.79 Å². The largest absolute Gasteiger partial charge is 0.504 e. The van der Waals surface area contributed by atoms with Gasteiger partial charge >= 0.3 is 5.97 Å². The molecule has 252 valence electrons. The molecule has 0 bridgehead atoms. The van der Waals surface area contributed by atoms with Crippen LogP contribution < -0.4 is 15.4 Å². The van der Waals surface area contributed by atoms with Gasteiger partial charge in [0.1, 0.15) is 29.6 Å². The lowest BCUT2D eigenvalue weighted by Gasteiger charge is -2.40. The fourth-order valence-corrected chi connectivity index (χ4v) is 4.97. The highest BCUT2D eigenvalue weighted by molar-refractivity contribution is 5.98. The van der Waals surface area contributed by atoms with Gasteiger partial charge in [-0.15, -0.1) is 0 Å². The van der Waals surface area contributed by atoms with Gasteiger partial charge in [0.25, 0.3) is 5.91 Å². The average Bonchev–Trinajstić information content (AvgIpc) is 3.03. The van der Waals surface area contributed by atoms with Crippen LogP contribution in [0.3, 0.4) is 0 Å². The van der Waals surface area contributed by atoms with E-state index in [0.29, 0.717) is 23.6 Å². The third-order valence-electron chi connectivity index (χ3n) is 7.66. The number of esters is 1. The summed E-state index contributed by atoms with van der Waals surface area (Å²) in [6.07, 6.45) is 3.03. The molecule has 1 aliphatic carbocycles. The maximum absolute atomic E-state index is 13.1. The quantitative estimate of drug-likeness (QED) is 0.0573. The summed E-state index contributed by atoms with van der Waals surface area (Å²) in [4.78, 5) is 38.3. The smallest absolute Gasteiger partial charge is 0.331 e. The molecule has 2 aromatic carbocycles. The molecule has 13 heteroatoms. The number of nitrogens with one attached hydrogen (secondary N) is 2. The van der Waals surface area contributed by atoms with Crippen LogP contribution in [0.1, 0.15) is 63.9 Å². The van der Waals surface area contributed by atoms with Crippen LogP contribution in [-0.2, 0) is 19.1 Å². The number of aliphatic hydroxyl groups is 4. The number of carbonyl (C=O) groups excluding carboxylic acids is 3. The Morgan fingerprint density at radius 1 is 0.978 bits per heavy atom. The van der Waals surface area contributed by atoms with Gasteiger partial charge in [0.05, 0.1) is 19.3 Å². The van der Waals surface area contributed by atoms with Gasteiger partial charge in [-0.1, -0.05) is 45.1 Å². The Bertz CT molecular complexity index is 1330. The number of unbranched alkanes of at least 4 members (excludes halogenated alkanes) is 5. The van der Waals surface area contributed by atoms with Crippen molar-refractivity contribution in [2.24, 2.45) is 0 Å². The van der Waals surface area contributed by atoms with E-state index in [9.17, 15) is 45.0 Å². The number of aliphatic hydroxyl groups excluding tert-OH is 3. The second-order valence-corrected chi connectivity index (χ2v) is 11.4. The zero-order valence-corrected chi connectivity index (χ0v) is 25.8. The number of hydrogen-bond donors (Lipinski definition) is 8. The number of ether oxygens (including phenoxy) is 2. The molecule has 8 N–H and O–H groups in total. The molecular weight excluding hydrogens is 600 g/mol. The molecule has 46 heavy (non-hydrogen) atoms. The summed E-state index contributed by atoms with van der Waals surface area (Å²) in [5.41, 5.74) is -1.64. The number of rotatable bonds is 16. The van der Waals surface area contributed by atoms with Crippen molar-refractivity contribution >= 4 is 29.5 Å². The van der Waals surface area contributed by atoms with Crippen molar-refractivity contribution in [2.75, 3.05) is 18.5 Å². The second kappa shape index (κ2) is 17.5. The van der Waals surface area contributed by atoms with E-state index < -0.39 is 72.9 Å². The van der Waals surface area contributed by atoms with Crippen LogP contribution in [0, 0.1) is 0 Å². The van der Waals surface area contributed by atoms with Crippen molar-refractivity contribution in [1.82, 2.24) is 5.32 Å². The molecule has 0 radical (unpaired) electrons. The van der Waals surface area contributed by atoms with E-state index in [1.807, 2.05) is 0 Å². The summed E-state index contributed by atoms with van der Waals surface area (Å²) in [6, 6.07) is 8.92. The van der Waals surface area contributed by atoms with E-state index in [2.05, 4.69) is 17.6 Å². The zero-order chi connectivity index (χ0) is 33.7. The first kappa shape index (κ1) is 36.3. The molecule has 2 amide bonds. The molecule has 1 aliphatic rings. The van der Waals surface area contributed by atoms with Crippen LogP contribution in [0.2, 0.25) is 0 Å². The molecular formula is C33H44N2O11. The number of carbonyl (C=O) groups is 3. The van der Waals surface area contributed by atoms with Crippen LogP contribution in [0.5, 0.6) is 17.2 Å². The molecule has 1 fully saturated rings. The van der Waals surface area contributed by atoms with Gasteiger partial charge in [-0.05, 0) is 54.5 Å². The maximum Gasteiger partial charge on any atom is 0.331 e. The van der Waals surface area contributed by atoms with Gasteiger partial charge < -0.3 is 50.7 Å². The number of aromatic hydroxyl groups is 2. The molecule has 5 atom stereocenters. The first-order valence-corrected chi connectivity index (χ1v) is 15.4. The summed E-state index contributed by atoms with van der Waals surface area (Å²) >= 11 is 0. The monoisotopic (exact) mass is 644 g/mol. The first-order valence-electron chi connectivity index (χ1n) is 15.4. The highest BCUT2D eigenvalue weighted by Gasteiger charge is 2.50. The minimum absolute atomic E-state index is 0.341. The standard InChI is InChI=1S/C33H44N2O11/c1-2-3-4-5-6-7-16-45-23-12-10-22(11-13-23)34-31(42)24(20-36)35-32(43)33(44)18-27(39)30(41)28(19-33)46-29(40)15-9-21-8-14-25(37)26(38)17-21/h8-15,17,24,27-28,30,36-39,41,44H,2-7,16,18-20H2,1H3,(H,34,42)(H,35,43)/b15-9+. The molecule has 0 saturated heterocycles. The van der Waals surface area contributed by atoms with E-state index in [4.69, 9.17) is 9.47 Å². The summed E-state index contributed by atoms with van der Waals surface area (Å²) in [5.74, 6) is -3.01. The maximum atomic E-state index is 13.1. The highest BCUT2D eigenvalue weighted by atomic mass is 16.6. The predicted octanol–water partition coefficient (Wildman–Crippen LogP) is 2.12. The van der Waals surface area contributed by atoms with Gasteiger partial charge in [0.15, 0.2) is 11.5 Å². The molecule has 3 rings (SSSR count). The molecule has 0 spiro atoms. The van der Waals surface area contributed by atoms with Crippen molar-refractivity contribution in [3.63, 3.8) is 0 Å². The minimum Gasteiger partial charge on any atom is -0.504 e. The lowest BCUT2D eigenvalue weighted by atomic mass is 9.78. The van der Waals surface area contributed by atoms with Gasteiger partial charge in [0.2, 0.25) is 5.91 Å². The van der Waals surface area contributed by atoms with Crippen molar-refractivity contribution < 1.29 is 54.5 Å². The Hall–Kier alpha value is -4.17. The highest BCUT2D eigenvalue weighted by Crippen LogP contribution is 2.32. The van der Waals surface area contributed by atoms with Crippen molar-refractivity contribution in [3.8, 4) is 17.2 Å². The fraction of sp³-hybridized carbons (Fsp3) is 0.485. The van der Waals surface area contributed by atoms with Gasteiger partial charge in [-0.3, -0.25) is 9.59 Å². The number of benzene rings is 2. The third-order valence-corrected chi connectivity index (χ3v) is 7.66. The molecule has 0 aromatic heterocycles. The van der Waals surface area contributed by atoms with E-state index in [-0.39, 0.29) is 5.75 Å². The molecule has 0 aliphatic heterocycles. The topological polar surface area (TPSA) is 215 Å². The lowest BCUT2D eigenvalue weighted by Crippen LogP contribution is -2.62. The number of anilines is 1. The van der Waals surface area contributed by atoms with E-state index >= 15 is 0 Å². The van der Waals surface area contributed by atoms with Gasteiger partial charge in [0, 0.05) is 24.6 Å². The van der Waals surface area contributed by atoms with E-state index in [1.54, 1.807) is 24.3 Å². The SMILES string of the molecule is CCCCCCCCOc1ccc(NC(=O)C(CO)NC(=O)C2(O)CC(O)C(O)C(OC(=O)/C=C/c3ccc(O)c(O)c3)C2)cc1. The molecule has 0 heterocycles. The van der Waals surface area contributed by atoms with Crippen molar-refractivity contribution in [2.45, 2.75) is 88.2 Å². The molecule has 2 aromatic rings. The second-order valence-electron chi connectivity index (χ2n) is 11.4. The Morgan fingerprint density at radius 3 is 2.35 bits per heavy atom. The fourth-order valence-electron chi connectivity index (χ4n) is 4.97. The molecule has 5 unspecified atom stereocenters. The van der Waals surface area contributed by atoms with Crippen LogP contribution in [0.25, 0.3) is 6.08 Å². The van der Waals surface area contributed by atoms with Crippen LogP contribution >= 0.6 is 0 Å². The van der Waals surface area contributed by atoms with Crippen molar-refractivity contribution in [3.05, 3.63) is 54.1 Å². The summed E-state index contributed by atoms with van der Waals surface area (Å²) in [6.45, 7) is 1.94. The first-order chi connectivity index (χ1) is 21.9. The Balaban J connectivity index is 1.53.